The van der Waals surface area contributed by atoms with Crippen LogP contribution in [0.4, 0.5) is 11.5 Å². The van der Waals surface area contributed by atoms with Crippen molar-refractivity contribution < 1.29 is 9.59 Å². The molecule has 2 amide bonds. The zero-order valence-corrected chi connectivity index (χ0v) is 18.0. The summed E-state index contributed by atoms with van der Waals surface area (Å²) in [7, 11) is 0. The van der Waals surface area contributed by atoms with Gasteiger partial charge < -0.3 is 15.5 Å². The van der Waals surface area contributed by atoms with Crippen LogP contribution in [-0.4, -0.2) is 28.3 Å². The highest BCUT2D eigenvalue weighted by atomic mass is 32.1. The lowest BCUT2D eigenvalue weighted by atomic mass is 9.97. The van der Waals surface area contributed by atoms with Crippen LogP contribution in [0.3, 0.4) is 0 Å². The normalized spacial score (nSPS) is 17.5. The molecule has 158 valence electrons. The summed E-state index contributed by atoms with van der Waals surface area (Å²) in [4.78, 5) is 37.7. The van der Waals surface area contributed by atoms with Gasteiger partial charge in [0.05, 0.1) is 41.1 Å². The molecule has 7 nitrogen and oxygen atoms in total. The Morgan fingerprint density at radius 3 is 3.00 bits per heavy atom. The van der Waals surface area contributed by atoms with E-state index in [1.54, 1.807) is 28.5 Å². The number of rotatable bonds is 4. The lowest BCUT2D eigenvalue weighted by Gasteiger charge is -2.30. The van der Waals surface area contributed by atoms with Gasteiger partial charge in [-0.25, -0.2) is 9.97 Å². The first kappa shape index (κ1) is 19.7. The number of amides is 2. The van der Waals surface area contributed by atoms with E-state index in [1.165, 1.54) is 4.88 Å². The van der Waals surface area contributed by atoms with Crippen LogP contribution in [0.2, 0.25) is 0 Å². The molecule has 1 aliphatic carbocycles. The van der Waals surface area contributed by atoms with Crippen molar-refractivity contribution in [3.63, 3.8) is 0 Å². The van der Waals surface area contributed by atoms with Gasteiger partial charge in [-0.05, 0) is 37.8 Å². The number of anilines is 2. The van der Waals surface area contributed by atoms with Crippen molar-refractivity contribution in [2.75, 3.05) is 16.8 Å². The van der Waals surface area contributed by atoms with E-state index in [2.05, 4.69) is 20.6 Å². The zero-order chi connectivity index (χ0) is 21.4. The molecular formula is C23H23N5O2S. The molecule has 0 spiro atoms. The Bertz CT molecular complexity index is 1140. The number of aryl methyl sites for hydroxylation is 2. The molecule has 1 unspecified atom stereocenters. The Morgan fingerprint density at radius 2 is 2.16 bits per heavy atom. The van der Waals surface area contributed by atoms with Gasteiger partial charge in [0.2, 0.25) is 5.91 Å². The summed E-state index contributed by atoms with van der Waals surface area (Å²) in [5, 5.41) is 7.21. The number of benzene rings is 1. The first-order chi connectivity index (χ1) is 15.1. The number of aromatic nitrogens is 2. The van der Waals surface area contributed by atoms with Gasteiger partial charge in [0, 0.05) is 11.1 Å². The second kappa shape index (κ2) is 8.11. The van der Waals surface area contributed by atoms with Gasteiger partial charge in [0.15, 0.2) is 5.82 Å². The average molecular weight is 434 g/mol. The average Bonchev–Trinajstić information content (AvgIpc) is 3.17. The SMILES string of the molecule is Cc1nc2c(s1)CCCC2NC(=O)c1cnc2c(c1)N(Cc1ccccc1)C(=O)CN2. The molecule has 2 aromatic heterocycles. The van der Waals surface area contributed by atoms with E-state index in [4.69, 9.17) is 0 Å². The fourth-order valence-corrected chi connectivity index (χ4v) is 5.21. The summed E-state index contributed by atoms with van der Waals surface area (Å²) in [6.45, 7) is 2.62. The van der Waals surface area contributed by atoms with E-state index < -0.39 is 0 Å². The van der Waals surface area contributed by atoms with E-state index in [1.807, 2.05) is 37.3 Å². The van der Waals surface area contributed by atoms with Gasteiger partial charge in [-0.15, -0.1) is 11.3 Å². The van der Waals surface area contributed by atoms with E-state index in [0.29, 0.717) is 23.6 Å². The second-order valence-corrected chi connectivity index (χ2v) is 9.16. The van der Waals surface area contributed by atoms with Crippen LogP contribution >= 0.6 is 11.3 Å². The predicted octanol–water partition coefficient (Wildman–Crippen LogP) is 3.61. The summed E-state index contributed by atoms with van der Waals surface area (Å²) < 4.78 is 0. The third-order valence-electron chi connectivity index (χ3n) is 5.68. The van der Waals surface area contributed by atoms with Crippen molar-refractivity contribution in [2.45, 2.75) is 38.8 Å². The minimum atomic E-state index is -0.198. The van der Waals surface area contributed by atoms with E-state index in [-0.39, 0.29) is 24.4 Å². The van der Waals surface area contributed by atoms with Crippen molar-refractivity contribution in [3.05, 3.63) is 69.3 Å². The number of nitrogens with one attached hydrogen (secondary N) is 2. The summed E-state index contributed by atoms with van der Waals surface area (Å²) in [5.74, 6) is 0.365. The minimum Gasteiger partial charge on any atom is -0.359 e. The van der Waals surface area contributed by atoms with Crippen molar-refractivity contribution in [1.29, 1.82) is 0 Å². The maximum Gasteiger partial charge on any atom is 0.253 e. The van der Waals surface area contributed by atoms with Crippen LogP contribution in [0.15, 0.2) is 42.6 Å². The van der Waals surface area contributed by atoms with Crippen molar-refractivity contribution in [2.24, 2.45) is 0 Å². The molecule has 3 heterocycles. The molecule has 0 radical (unpaired) electrons. The van der Waals surface area contributed by atoms with Crippen LogP contribution in [0.1, 0.15) is 50.4 Å². The number of hydrogen-bond donors (Lipinski definition) is 2. The van der Waals surface area contributed by atoms with Gasteiger partial charge in [0.25, 0.3) is 5.91 Å². The van der Waals surface area contributed by atoms with Gasteiger partial charge in [-0.2, -0.15) is 0 Å². The Hall–Kier alpha value is -3.26. The molecule has 0 fully saturated rings. The molecule has 1 aliphatic heterocycles. The van der Waals surface area contributed by atoms with Crippen molar-refractivity contribution in [3.8, 4) is 0 Å². The Balaban J connectivity index is 1.40. The monoisotopic (exact) mass is 433 g/mol. The number of fused-ring (bicyclic) bond motifs is 2. The van der Waals surface area contributed by atoms with Gasteiger partial charge in [-0.1, -0.05) is 30.3 Å². The summed E-state index contributed by atoms with van der Waals surface area (Å²) in [6.07, 6.45) is 4.50. The summed E-state index contributed by atoms with van der Waals surface area (Å²) >= 11 is 1.71. The molecule has 1 atom stereocenters. The third kappa shape index (κ3) is 3.90. The highest BCUT2D eigenvalue weighted by Crippen LogP contribution is 2.34. The standard InChI is InChI=1S/C23H23N5O2S/c1-14-26-21-17(8-5-9-19(21)31-14)27-23(30)16-10-18-22(24-11-16)25-12-20(29)28(18)13-15-6-3-2-4-7-15/h2-4,6-7,10-11,17H,5,8-9,12-13H2,1H3,(H,24,25)(H,27,30). The number of carbonyl (C=O) groups excluding carboxylic acids is 2. The second-order valence-electron chi connectivity index (χ2n) is 7.87. The fraction of sp³-hybridized carbons (Fsp3) is 0.304. The van der Waals surface area contributed by atoms with Crippen LogP contribution in [0.5, 0.6) is 0 Å². The number of carbonyl (C=O) groups is 2. The number of pyridine rings is 1. The van der Waals surface area contributed by atoms with Gasteiger partial charge in [0.1, 0.15) is 0 Å². The summed E-state index contributed by atoms with van der Waals surface area (Å²) in [6, 6.07) is 11.5. The number of nitrogens with zero attached hydrogens (tertiary/aromatic N) is 3. The highest BCUT2D eigenvalue weighted by Gasteiger charge is 2.28. The lowest BCUT2D eigenvalue weighted by Crippen LogP contribution is -2.40. The number of hydrogen-bond acceptors (Lipinski definition) is 6. The Morgan fingerprint density at radius 1 is 1.32 bits per heavy atom. The maximum absolute atomic E-state index is 13.1. The van der Waals surface area contributed by atoms with Crippen LogP contribution < -0.4 is 15.5 Å². The molecule has 2 N–H and O–H groups in total. The lowest BCUT2D eigenvalue weighted by molar-refractivity contribution is -0.117. The molecule has 5 rings (SSSR count). The van der Waals surface area contributed by atoms with Gasteiger partial charge >= 0.3 is 0 Å². The molecule has 0 saturated carbocycles. The zero-order valence-electron chi connectivity index (χ0n) is 17.2. The van der Waals surface area contributed by atoms with E-state index >= 15 is 0 Å². The van der Waals surface area contributed by atoms with Gasteiger partial charge in [-0.3, -0.25) is 9.59 Å². The molecule has 0 bridgehead atoms. The van der Waals surface area contributed by atoms with E-state index in [0.717, 1.165) is 35.5 Å². The highest BCUT2D eigenvalue weighted by molar-refractivity contribution is 7.11. The van der Waals surface area contributed by atoms with E-state index in [9.17, 15) is 9.59 Å². The smallest absolute Gasteiger partial charge is 0.253 e. The topological polar surface area (TPSA) is 87.2 Å². The molecule has 8 heteroatoms. The molecule has 1 aromatic carbocycles. The molecule has 3 aromatic rings. The van der Waals surface area contributed by atoms with Crippen LogP contribution in [-0.2, 0) is 17.8 Å². The first-order valence-corrected chi connectivity index (χ1v) is 11.3. The van der Waals surface area contributed by atoms with Crippen LogP contribution in [0, 0.1) is 6.92 Å². The fourth-order valence-electron chi connectivity index (χ4n) is 4.17. The largest absolute Gasteiger partial charge is 0.359 e. The number of thiazole rings is 1. The molecular weight excluding hydrogens is 410 g/mol. The Labute approximate surface area is 184 Å². The first-order valence-electron chi connectivity index (χ1n) is 10.4. The third-order valence-corrected chi connectivity index (χ3v) is 6.73. The van der Waals surface area contributed by atoms with Crippen molar-refractivity contribution in [1.82, 2.24) is 15.3 Å². The van der Waals surface area contributed by atoms with Crippen LogP contribution in [0.25, 0.3) is 0 Å². The quantitative estimate of drug-likeness (QED) is 0.656. The maximum atomic E-state index is 13.1. The molecule has 0 saturated heterocycles. The Kier molecular flexibility index (Phi) is 5.15. The summed E-state index contributed by atoms with van der Waals surface area (Å²) in [5.41, 5.74) is 3.08. The van der Waals surface area contributed by atoms with Crippen molar-refractivity contribution >= 4 is 34.7 Å². The minimum absolute atomic E-state index is 0.0504. The molecule has 2 aliphatic rings. The predicted molar refractivity (Wildman–Crippen MR) is 120 cm³/mol. The molecule has 31 heavy (non-hydrogen) atoms.